The van der Waals surface area contributed by atoms with Crippen LogP contribution >= 0.6 is 0 Å². The summed E-state index contributed by atoms with van der Waals surface area (Å²) < 4.78 is 92.4. The molecule has 234 valence electrons. The zero-order valence-electron chi connectivity index (χ0n) is 20.0. The molecule has 0 radical (unpaired) electrons. The average Bonchev–Trinajstić information content (AvgIpc) is 2.75. The molecule has 0 amide bonds. The van der Waals surface area contributed by atoms with Gasteiger partial charge in [0, 0.05) is 10.5 Å². The summed E-state index contributed by atoms with van der Waals surface area (Å²) >= 11 is 0. The van der Waals surface area contributed by atoms with Crippen molar-refractivity contribution in [3.63, 3.8) is 0 Å². The van der Waals surface area contributed by atoms with E-state index in [1.807, 2.05) is 0 Å². The first-order valence-electron chi connectivity index (χ1n) is 10.2. The number of carbonyl (C=O) groups excluding carboxylic acids is 4. The quantitative estimate of drug-likeness (QED) is 0.169. The van der Waals surface area contributed by atoms with Gasteiger partial charge in [0.05, 0.1) is 25.8 Å². The minimum Gasteiger partial charge on any atom is -0.481 e. The first-order valence-corrected chi connectivity index (χ1v) is 14.7. The number of fused-ring (bicyclic) bond motifs is 3. The second-order valence-corrected chi connectivity index (χ2v) is 12.5. The zero-order chi connectivity index (χ0) is 32.1. The van der Waals surface area contributed by atoms with Crippen molar-refractivity contribution in [2.45, 2.75) is 48.0 Å². The summed E-state index contributed by atoms with van der Waals surface area (Å²) in [6, 6.07) is -1.20. The molecule has 2 fully saturated rings. The monoisotopic (exact) mass is 660 g/mol. The minimum absolute atomic E-state index is 0.0248. The number of hydroxylamine groups is 4. The van der Waals surface area contributed by atoms with Gasteiger partial charge in [0.15, 0.2) is 15.7 Å². The Morgan fingerprint density at radius 2 is 1.20 bits per heavy atom. The summed E-state index contributed by atoms with van der Waals surface area (Å²) in [4.78, 5) is 86.2. The Balaban J connectivity index is 0.000000590. The predicted molar refractivity (Wildman–Crippen MR) is 118 cm³/mol. The van der Waals surface area contributed by atoms with E-state index in [1.54, 1.807) is 0 Å². The molecule has 2 rings (SSSR count). The van der Waals surface area contributed by atoms with E-state index in [9.17, 15) is 54.0 Å². The molecule has 0 spiro atoms. The van der Waals surface area contributed by atoms with Crippen molar-refractivity contribution in [3.8, 4) is 0 Å². The van der Waals surface area contributed by atoms with Gasteiger partial charge in [-0.3, -0.25) is 32.8 Å². The highest BCUT2D eigenvalue weighted by Crippen LogP contribution is 2.19. The van der Waals surface area contributed by atoms with Gasteiger partial charge in [-0.25, -0.2) is 9.59 Å². The maximum absolute atomic E-state index is 12.0. The fourth-order valence-electron chi connectivity index (χ4n) is 2.57. The topological polar surface area (TPSA) is 349 Å². The molecule has 26 heteroatoms. The third kappa shape index (κ3) is 11.1. The van der Waals surface area contributed by atoms with Gasteiger partial charge in [0.2, 0.25) is 0 Å². The van der Waals surface area contributed by atoms with E-state index in [-0.39, 0.29) is 10.5 Å². The number of aliphatic carboxylic acids is 2. The lowest BCUT2D eigenvalue weighted by Gasteiger charge is -2.31. The summed E-state index contributed by atoms with van der Waals surface area (Å²) in [6.45, 7) is 0.466. The van der Waals surface area contributed by atoms with Crippen molar-refractivity contribution >= 4 is 66.2 Å². The lowest BCUT2D eigenvalue weighted by Crippen LogP contribution is -2.51. The highest BCUT2D eigenvalue weighted by molar-refractivity contribution is 7.87. The molecule has 41 heavy (non-hydrogen) atoms. The number of nitrogens with zero attached hydrogens (tertiary/aromatic N) is 2. The van der Waals surface area contributed by atoms with Crippen molar-refractivity contribution in [2.24, 2.45) is 0 Å². The standard InChI is InChI=1S/C11H14N2O14S2.C4H6O7S/c1-5-4-12-26-10(16)6(28(18,19)20)2-8(14)24-13(5)25-9(15)3-7(11(17)27-12)29(21,22)23;5-3(6)1-2(4(7)8)12(9,10)11/h5-7H,2-4H2,1H3,(H,18,19,20)(H,21,22,23);2H,1H2,(H,5,6)(H,7,8)(H,9,10,11). The van der Waals surface area contributed by atoms with E-state index < -0.39 is 114 Å². The lowest BCUT2D eigenvalue weighted by atomic mass is 10.3. The molecule has 4 unspecified atom stereocenters. The summed E-state index contributed by atoms with van der Waals surface area (Å²) in [5.41, 5.74) is 0. The SMILES string of the molecule is CC1CN2OC(=O)C(S(=O)(=O)O)CC(=O)ON1OC(=O)CC(S(=O)(=O)O)C(=O)O2.O=C(O)CC(C(=O)O)S(=O)(=O)O. The molecule has 0 aromatic rings. The number of hydrogen-bond acceptors (Lipinski definition) is 18. The molecule has 0 saturated carbocycles. The normalized spacial score (nSPS) is 27.0. The third-order valence-corrected chi connectivity index (χ3v) is 7.73. The summed E-state index contributed by atoms with van der Waals surface area (Å²) in [5.74, 6) is -9.93. The average molecular weight is 661 g/mol. The molecule has 2 heterocycles. The molecular formula is C15H20N2O21S3. The lowest BCUT2D eigenvalue weighted by molar-refractivity contribution is -0.376. The molecule has 23 nitrogen and oxygen atoms in total. The Bertz CT molecular complexity index is 1330. The second kappa shape index (κ2) is 13.4. The van der Waals surface area contributed by atoms with Gasteiger partial charge in [-0.05, 0) is 6.92 Å². The van der Waals surface area contributed by atoms with Crippen LogP contribution in [0.25, 0.3) is 0 Å². The largest absolute Gasteiger partial charge is 0.481 e. The minimum atomic E-state index is -5.21. The predicted octanol–water partition coefficient (Wildman–Crippen LogP) is -4.07. The fourth-order valence-corrected chi connectivity index (χ4v) is 4.44. The number of carbonyl (C=O) groups is 6. The van der Waals surface area contributed by atoms with E-state index in [0.29, 0.717) is 0 Å². The highest BCUT2D eigenvalue weighted by Gasteiger charge is 2.44. The van der Waals surface area contributed by atoms with Gasteiger partial charge in [-0.1, -0.05) is 0 Å². The summed E-state index contributed by atoms with van der Waals surface area (Å²) in [7, 11) is -15.3. The Hall–Kier alpha value is -3.53. The van der Waals surface area contributed by atoms with Crippen LogP contribution in [0.3, 0.4) is 0 Å². The fraction of sp³-hybridized carbons (Fsp3) is 0.600. The molecule has 5 N–H and O–H groups in total. The number of carboxylic acid groups (broad SMARTS) is 2. The molecule has 4 atom stereocenters. The third-order valence-electron chi connectivity index (χ3n) is 4.48. The first-order chi connectivity index (χ1) is 18.4. The van der Waals surface area contributed by atoms with Gasteiger partial charge in [0.1, 0.15) is 6.04 Å². The van der Waals surface area contributed by atoms with Crippen LogP contribution in [-0.4, -0.2) is 124 Å². The molecule has 0 aromatic carbocycles. The molecule has 2 bridgehead atoms. The number of hydrogen-bond donors (Lipinski definition) is 5. The van der Waals surface area contributed by atoms with E-state index in [2.05, 4.69) is 19.4 Å². The van der Waals surface area contributed by atoms with Crippen LogP contribution in [0.2, 0.25) is 0 Å². The van der Waals surface area contributed by atoms with Crippen molar-refractivity contribution in [1.29, 1.82) is 0 Å². The van der Waals surface area contributed by atoms with Gasteiger partial charge >= 0.3 is 35.8 Å². The summed E-state index contributed by atoms with van der Waals surface area (Å²) in [5, 5.41) is 9.14. The van der Waals surface area contributed by atoms with Crippen molar-refractivity contribution < 1.29 is 97.2 Å². The molecule has 0 aliphatic carbocycles. The maximum atomic E-state index is 12.0. The van der Waals surface area contributed by atoms with E-state index in [0.717, 1.165) is 0 Å². The zero-order valence-corrected chi connectivity index (χ0v) is 22.5. The van der Waals surface area contributed by atoms with Crippen LogP contribution in [-0.2, 0) is 78.5 Å². The molecule has 2 saturated heterocycles. The van der Waals surface area contributed by atoms with Gasteiger partial charge in [-0.2, -0.15) is 25.3 Å². The van der Waals surface area contributed by atoms with Crippen LogP contribution in [0.1, 0.15) is 26.2 Å². The van der Waals surface area contributed by atoms with Crippen molar-refractivity contribution in [1.82, 2.24) is 10.5 Å². The molecular weight excluding hydrogens is 640 g/mol. The van der Waals surface area contributed by atoms with Gasteiger partial charge < -0.3 is 29.6 Å². The van der Waals surface area contributed by atoms with Gasteiger partial charge in [0.25, 0.3) is 30.4 Å². The van der Waals surface area contributed by atoms with E-state index in [1.165, 1.54) is 6.92 Å². The van der Waals surface area contributed by atoms with E-state index >= 15 is 0 Å². The van der Waals surface area contributed by atoms with Crippen LogP contribution < -0.4 is 0 Å². The number of rotatable bonds is 6. The van der Waals surface area contributed by atoms with Crippen LogP contribution in [0.15, 0.2) is 0 Å². The first kappa shape index (κ1) is 35.5. The second-order valence-electron chi connectivity index (χ2n) is 7.75. The molecule has 0 aromatic heterocycles. The van der Waals surface area contributed by atoms with Gasteiger partial charge in [-0.15, -0.1) is 0 Å². The van der Waals surface area contributed by atoms with Crippen LogP contribution in [0.5, 0.6) is 0 Å². The Kier molecular flexibility index (Phi) is 11.6. The van der Waals surface area contributed by atoms with Crippen LogP contribution in [0, 0.1) is 0 Å². The van der Waals surface area contributed by atoms with Crippen LogP contribution in [0.4, 0.5) is 0 Å². The van der Waals surface area contributed by atoms with Crippen molar-refractivity contribution in [3.05, 3.63) is 0 Å². The maximum Gasteiger partial charge on any atom is 0.350 e. The molecule has 2 aliphatic heterocycles. The summed E-state index contributed by atoms with van der Waals surface area (Å²) in [6.07, 6.45) is -3.70. The smallest absolute Gasteiger partial charge is 0.350 e. The number of carboxylic acids is 2. The van der Waals surface area contributed by atoms with Crippen molar-refractivity contribution in [2.75, 3.05) is 6.54 Å². The molecule has 2 aliphatic rings. The highest BCUT2D eigenvalue weighted by atomic mass is 32.2. The Morgan fingerprint density at radius 3 is 1.46 bits per heavy atom. The Morgan fingerprint density at radius 1 is 0.805 bits per heavy atom. The Labute approximate surface area is 228 Å². The van der Waals surface area contributed by atoms with E-state index in [4.69, 9.17) is 23.9 Å².